The first-order chi connectivity index (χ1) is 13.7. The molecule has 0 aliphatic rings. The van der Waals surface area contributed by atoms with Gasteiger partial charge in [-0.1, -0.05) is 41.7 Å². The molecule has 0 unspecified atom stereocenters. The zero-order chi connectivity index (χ0) is 19.7. The molecule has 0 spiro atoms. The maximum atomic E-state index is 13.0. The van der Waals surface area contributed by atoms with Gasteiger partial charge in [0, 0.05) is 17.2 Å². The van der Waals surface area contributed by atoms with Crippen molar-refractivity contribution in [3.63, 3.8) is 0 Å². The Labute approximate surface area is 164 Å². The summed E-state index contributed by atoms with van der Waals surface area (Å²) in [6.07, 6.45) is 1.76. The highest BCUT2D eigenvalue weighted by molar-refractivity contribution is 7.15. The minimum Gasteiger partial charge on any atom is -0.496 e. The van der Waals surface area contributed by atoms with E-state index in [1.807, 2.05) is 30.3 Å². The third kappa shape index (κ3) is 2.97. The molecule has 0 N–H and O–H groups in total. The second-order valence-corrected chi connectivity index (χ2v) is 6.88. The van der Waals surface area contributed by atoms with Crippen molar-refractivity contribution in [3.8, 4) is 28.6 Å². The van der Waals surface area contributed by atoms with Crippen LogP contribution in [0.4, 0.5) is 0 Å². The molecule has 2 aromatic heterocycles. The summed E-state index contributed by atoms with van der Waals surface area (Å²) in [5, 5.41) is 8.32. The van der Waals surface area contributed by atoms with Gasteiger partial charge in [0.05, 0.1) is 25.9 Å². The molecule has 0 aliphatic carbocycles. The van der Waals surface area contributed by atoms with Gasteiger partial charge in [0.1, 0.15) is 5.75 Å². The zero-order valence-electron chi connectivity index (χ0n) is 15.5. The fourth-order valence-electron chi connectivity index (χ4n) is 2.94. The smallest absolute Gasteiger partial charge is 0.276 e. The van der Waals surface area contributed by atoms with Crippen molar-refractivity contribution in [1.82, 2.24) is 14.6 Å². The number of thiazole rings is 1. The van der Waals surface area contributed by atoms with Crippen LogP contribution in [0.5, 0.6) is 17.2 Å². The van der Waals surface area contributed by atoms with Gasteiger partial charge >= 0.3 is 0 Å². The molecule has 4 aromatic rings. The number of methoxy groups -OCH3 is 3. The SMILES string of the molecule is COc1cc(OC)c(OC)cc1C=c1sc2nnc(-c3ccccc3)n2c1=O. The standard InChI is InChI=1S/C20H17N3O4S/c1-25-14-11-16(27-3)15(26-2)9-13(14)10-17-19(24)23-18(21-22-20(23)28-17)12-7-5-4-6-8-12/h4-11H,1-3H3. The zero-order valence-corrected chi connectivity index (χ0v) is 16.3. The molecule has 4 rings (SSSR count). The van der Waals surface area contributed by atoms with E-state index < -0.39 is 0 Å². The Hall–Kier alpha value is -3.39. The highest BCUT2D eigenvalue weighted by Gasteiger charge is 2.15. The normalized spacial score (nSPS) is 11.8. The van der Waals surface area contributed by atoms with Gasteiger partial charge in [0.25, 0.3) is 5.56 Å². The van der Waals surface area contributed by atoms with Crippen molar-refractivity contribution in [3.05, 3.63) is 62.9 Å². The third-order valence-corrected chi connectivity index (χ3v) is 5.26. The summed E-state index contributed by atoms with van der Waals surface area (Å²) in [6, 6.07) is 13.0. The molecule has 0 saturated carbocycles. The van der Waals surface area contributed by atoms with Crippen LogP contribution in [0.3, 0.4) is 0 Å². The fraction of sp³-hybridized carbons (Fsp3) is 0.150. The van der Waals surface area contributed by atoms with Gasteiger partial charge in [-0.2, -0.15) is 0 Å². The van der Waals surface area contributed by atoms with Crippen molar-refractivity contribution in [2.75, 3.05) is 21.3 Å². The summed E-state index contributed by atoms with van der Waals surface area (Å²) in [5.41, 5.74) is 1.36. The first kappa shape index (κ1) is 18.0. The number of nitrogens with zero attached hydrogens (tertiary/aromatic N) is 3. The Kier molecular flexibility index (Phi) is 4.70. The predicted molar refractivity (Wildman–Crippen MR) is 107 cm³/mol. The van der Waals surface area contributed by atoms with Crippen LogP contribution in [0, 0.1) is 0 Å². The van der Waals surface area contributed by atoms with Crippen molar-refractivity contribution >= 4 is 22.4 Å². The highest BCUT2D eigenvalue weighted by atomic mass is 32.1. The third-order valence-electron chi connectivity index (χ3n) is 4.30. The Morgan fingerprint density at radius 3 is 2.29 bits per heavy atom. The lowest BCUT2D eigenvalue weighted by molar-refractivity contribution is 0.348. The van der Waals surface area contributed by atoms with Crippen molar-refractivity contribution in [2.45, 2.75) is 0 Å². The first-order valence-corrected chi connectivity index (χ1v) is 9.23. The first-order valence-electron chi connectivity index (χ1n) is 8.41. The maximum Gasteiger partial charge on any atom is 0.276 e. The quantitative estimate of drug-likeness (QED) is 0.517. The number of fused-ring (bicyclic) bond motifs is 1. The fourth-order valence-corrected chi connectivity index (χ4v) is 3.85. The summed E-state index contributed by atoms with van der Waals surface area (Å²) >= 11 is 1.27. The van der Waals surface area contributed by atoms with Gasteiger partial charge in [-0.3, -0.25) is 4.79 Å². The molecule has 28 heavy (non-hydrogen) atoms. The van der Waals surface area contributed by atoms with Crippen LogP contribution in [0.2, 0.25) is 0 Å². The van der Waals surface area contributed by atoms with E-state index in [9.17, 15) is 4.79 Å². The molecule has 142 valence electrons. The van der Waals surface area contributed by atoms with Crippen LogP contribution in [0.15, 0.2) is 47.3 Å². The Morgan fingerprint density at radius 2 is 1.61 bits per heavy atom. The molecule has 0 saturated heterocycles. The highest BCUT2D eigenvalue weighted by Crippen LogP contribution is 2.35. The Bertz CT molecular complexity index is 1250. The molecule has 2 aromatic carbocycles. The number of hydrogen-bond donors (Lipinski definition) is 0. The number of aromatic nitrogens is 3. The lowest BCUT2D eigenvalue weighted by atomic mass is 10.1. The molecule has 8 heteroatoms. The Morgan fingerprint density at radius 1 is 0.929 bits per heavy atom. The summed E-state index contributed by atoms with van der Waals surface area (Å²) in [6.45, 7) is 0. The molecule has 7 nitrogen and oxygen atoms in total. The van der Waals surface area contributed by atoms with Crippen LogP contribution < -0.4 is 24.3 Å². The van der Waals surface area contributed by atoms with E-state index >= 15 is 0 Å². The van der Waals surface area contributed by atoms with E-state index in [0.717, 1.165) is 5.56 Å². The van der Waals surface area contributed by atoms with Gasteiger partial charge < -0.3 is 14.2 Å². The van der Waals surface area contributed by atoms with E-state index in [1.54, 1.807) is 39.5 Å². The lowest BCUT2D eigenvalue weighted by Crippen LogP contribution is -2.23. The van der Waals surface area contributed by atoms with Gasteiger partial charge in [-0.15, -0.1) is 10.2 Å². The molecular weight excluding hydrogens is 378 g/mol. The number of ether oxygens (including phenoxy) is 3. The van der Waals surface area contributed by atoms with Crippen LogP contribution in [0.25, 0.3) is 22.4 Å². The lowest BCUT2D eigenvalue weighted by Gasteiger charge is -2.11. The Balaban J connectivity index is 1.91. The molecule has 0 bridgehead atoms. The van der Waals surface area contributed by atoms with Crippen LogP contribution in [-0.2, 0) is 0 Å². The molecule has 0 amide bonds. The molecule has 0 fully saturated rings. The number of rotatable bonds is 5. The van der Waals surface area contributed by atoms with Gasteiger partial charge in [0.15, 0.2) is 17.3 Å². The largest absolute Gasteiger partial charge is 0.496 e. The summed E-state index contributed by atoms with van der Waals surface area (Å²) in [5.74, 6) is 2.20. The van der Waals surface area contributed by atoms with Gasteiger partial charge in [-0.05, 0) is 12.1 Å². The maximum absolute atomic E-state index is 13.0. The molecular formula is C20H17N3O4S. The molecule has 2 heterocycles. The van der Waals surface area contributed by atoms with Crippen LogP contribution in [-0.4, -0.2) is 35.9 Å². The molecule has 0 atom stereocenters. The number of hydrogen-bond acceptors (Lipinski definition) is 7. The van der Waals surface area contributed by atoms with E-state index in [4.69, 9.17) is 14.2 Å². The van der Waals surface area contributed by atoms with Crippen LogP contribution in [0.1, 0.15) is 5.56 Å². The summed E-state index contributed by atoms with van der Waals surface area (Å²) < 4.78 is 18.2. The number of benzene rings is 2. The molecule has 0 aliphatic heterocycles. The average Bonchev–Trinajstić information content (AvgIpc) is 3.28. The van der Waals surface area contributed by atoms with Crippen LogP contribution >= 0.6 is 11.3 Å². The summed E-state index contributed by atoms with van der Waals surface area (Å²) in [7, 11) is 4.68. The second kappa shape index (κ2) is 7.32. The molecule has 0 radical (unpaired) electrons. The van der Waals surface area contributed by atoms with E-state index in [2.05, 4.69) is 10.2 Å². The van der Waals surface area contributed by atoms with Crippen molar-refractivity contribution in [1.29, 1.82) is 0 Å². The minimum atomic E-state index is -0.180. The topological polar surface area (TPSA) is 74.9 Å². The summed E-state index contributed by atoms with van der Waals surface area (Å²) in [4.78, 5) is 13.6. The van der Waals surface area contributed by atoms with E-state index in [-0.39, 0.29) is 5.56 Å². The van der Waals surface area contributed by atoms with E-state index in [0.29, 0.717) is 38.1 Å². The van der Waals surface area contributed by atoms with Gasteiger partial charge in [-0.25, -0.2) is 4.40 Å². The second-order valence-electron chi connectivity index (χ2n) is 5.87. The minimum absolute atomic E-state index is 0.180. The van der Waals surface area contributed by atoms with Crippen molar-refractivity contribution < 1.29 is 14.2 Å². The van der Waals surface area contributed by atoms with Crippen molar-refractivity contribution in [2.24, 2.45) is 0 Å². The van der Waals surface area contributed by atoms with Gasteiger partial charge in [0.2, 0.25) is 4.96 Å². The van der Waals surface area contributed by atoms with E-state index in [1.165, 1.54) is 15.7 Å². The monoisotopic (exact) mass is 395 g/mol. The predicted octanol–water partition coefficient (Wildman–Crippen LogP) is 2.39. The average molecular weight is 395 g/mol.